The van der Waals surface area contributed by atoms with E-state index in [-0.39, 0.29) is 12.0 Å². The largest absolute Gasteiger partial charge is 0.355 e. The topological polar surface area (TPSA) is 57.8 Å². The summed E-state index contributed by atoms with van der Waals surface area (Å²) in [5.41, 5.74) is 5.49. The van der Waals surface area contributed by atoms with Gasteiger partial charge in [0.15, 0.2) is 5.82 Å². The first kappa shape index (κ1) is 19.6. The Balaban J connectivity index is 1.32. The van der Waals surface area contributed by atoms with Crippen molar-refractivity contribution in [3.63, 3.8) is 0 Å². The molecule has 0 bridgehead atoms. The molecule has 31 heavy (non-hydrogen) atoms. The van der Waals surface area contributed by atoms with E-state index in [1.807, 2.05) is 24.7 Å². The second-order valence-electron chi connectivity index (χ2n) is 9.61. The highest BCUT2D eigenvalue weighted by atomic mass is 35.5. The first-order valence-electron chi connectivity index (χ1n) is 11.2. The first-order valence-corrected chi connectivity index (χ1v) is 11.9. The van der Waals surface area contributed by atoms with E-state index in [0.717, 1.165) is 41.7 Å². The van der Waals surface area contributed by atoms with E-state index in [4.69, 9.17) is 33.2 Å². The molecule has 2 aromatic rings. The van der Waals surface area contributed by atoms with E-state index < -0.39 is 0 Å². The van der Waals surface area contributed by atoms with Crippen LogP contribution in [-0.4, -0.2) is 38.7 Å². The highest BCUT2D eigenvalue weighted by molar-refractivity contribution is 6.67. The number of hydrazone groups is 1. The second kappa shape index (κ2) is 7.24. The third kappa shape index (κ3) is 3.10. The minimum Gasteiger partial charge on any atom is -0.355 e. The Bertz CT molecular complexity index is 1120. The van der Waals surface area contributed by atoms with Crippen molar-refractivity contribution >= 4 is 45.3 Å². The number of piperidine rings is 1. The molecule has 162 valence electrons. The molecule has 6 rings (SSSR count). The van der Waals surface area contributed by atoms with Crippen LogP contribution in [-0.2, 0) is 0 Å². The van der Waals surface area contributed by atoms with E-state index in [9.17, 15) is 0 Å². The number of hydrogen-bond acceptors (Lipinski definition) is 5. The van der Waals surface area contributed by atoms with Crippen molar-refractivity contribution in [3.05, 3.63) is 41.6 Å². The molecule has 1 spiro atoms. The Labute approximate surface area is 192 Å². The highest BCUT2D eigenvalue weighted by Gasteiger charge is 2.40. The summed E-state index contributed by atoms with van der Waals surface area (Å²) in [6.07, 6.45) is 16.5. The lowest BCUT2D eigenvalue weighted by Crippen LogP contribution is -2.39. The van der Waals surface area contributed by atoms with Gasteiger partial charge in [-0.1, -0.05) is 48.7 Å². The second-order valence-corrected chi connectivity index (χ2v) is 10.4. The number of allylic oxidation sites excluding steroid dienone is 2. The average Bonchev–Trinajstić information content (AvgIpc) is 3.47. The van der Waals surface area contributed by atoms with Crippen LogP contribution in [0, 0.1) is 17.3 Å². The van der Waals surface area contributed by atoms with Crippen LogP contribution in [0.5, 0.6) is 0 Å². The Morgan fingerprint density at radius 1 is 1.16 bits per heavy atom. The van der Waals surface area contributed by atoms with Gasteiger partial charge in [-0.2, -0.15) is 5.10 Å². The number of imidazole rings is 1. The van der Waals surface area contributed by atoms with Crippen LogP contribution in [0.2, 0.25) is 0 Å². The lowest BCUT2D eigenvalue weighted by Gasteiger charge is -2.40. The van der Waals surface area contributed by atoms with E-state index >= 15 is 0 Å². The number of nitrogens with one attached hydrogen (secondary N) is 1. The van der Waals surface area contributed by atoms with Crippen molar-refractivity contribution in [1.29, 1.82) is 0 Å². The van der Waals surface area contributed by atoms with Crippen LogP contribution >= 0.6 is 23.2 Å². The van der Waals surface area contributed by atoms with Gasteiger partial charge in [-0.25, -0.2) is 9.97 Å². The summed E-state index contributed by atoms with van der Waals surface area (Å²) in [6.45, 7) is 4.52. The molecule has 2 aliphatic carbocycles. The van der Waals surface area contributed by atoms with Crippen LogP contribution in [0.3, 0.4) is 0 Å². The SMILES string of the molecule is C[C@@H]1CCC2(CCN(c3nccn4c(C5=C(Cl)C6C(Cl)=NNC6C=C5)ncc34)CC2)C1. The number of aromatic nitrogens is 3. The number of nitrogens with zero attached hydrogens (tertiary/aromatic N) is 5. The fraction of sp³-hybridized carbons (Fsp3) is 0.522. The normalized spacial score (nSPS) is 29.6. The Morgan fingerprint density at radius 2 is 2.00 bits per heavy atom. The molecule has 0 radical (unpaired) electrons. The zero-order chi connectivity index (χ0) is 21.2. The van der Waals surface area contributed by atoms with Gasteiger partial charge < -0.3 is 10.3 Å². The van der Waals surface area contributed by atoms with E-state index in [2.05, 4.69) is 32.8 Å². The van der Waals surface area contributed by atoms with Crippen molar-refractivity contribution < 1.29 is 0 Å². The molecule has 0 aromatic carbocycles. The van der Waals surface area contributed by atoms with Crippen LogP contribution < -0.4 is 10.3 Å². The molecule has 1 saturated carbocycles. The maximum atomic E-state index is 6.78. The molecule has 4 heterocycles. The molecule has 2 fully saturated rings. The first-order chi connectivity index (χ1) is 15.0. The van der Waals surface area contributed by atoms with Crippen molar-refractivity contribution in [3.8, 4) is 0 Å². The maximum absolute atomic E-state index is 6.78. The monoisotopic (exact) mass is 456 g/mol. The van der Waals surface area contributed by atoms with Crippen molar-refractivity contribution in [2.75, 3.05) is 18.0 Å². The summed E-state index contributed by atoms with van der Waals surface area (Å²) < 4.78 is 2.10. The molecule has 1 N–H and O–H groups in total. The smallest absolute Gasteiger partial charge is 0.154 e. The standard InChI is InChI=1S/C23H26Cl2N6/c1-14-4-5-23(12-14)6-9-30(10-7-23)22-17-13-27-21(31(17)11-8-26-22)15-2-3-16-18(19(15)24)20(25)29-28-16/h2-3,8,11,13-14,16,18,28H,4-7,9-10,12H2,1H3/t14-,16?,18?/m1/s1. The summed E-state index contributed by atoms with van der Waals surface area (Å²) in [6, 6.07) is 0.00572. The molecule has 2 aliphatic heterocycles. The zero-order valence-electron chi connectivity index (χ0n) is 17.6. The lowest BCUT2D eigenvalue weighted by molar-refractivity contribution is 0.219. The molecule has 1 saturated heterocycles. The van der Waals surface area contributed by atoms with Crippen LogP contribution in [0.4, 0.5) is 5.82 Å². The van der Waals surface area contributed by atoms with E-state index in [1.54, 1.807) is 0 Å². The highest BCUT2D eigenvalue weighted by Crippen LogP contribution is 2.49. The molecule has 2 aromatic heterocycles. The van der Waals surface area contributed by atoms with Gasteiger partial charge in [0.1, 0.15) is 16.5 Å². The van der Waals surface area contributed by atoms with Gasteiger partial charge in [-0.3, -0.25) is 4.40 Å². The lowest BCUT2D eigenvalue weighted by atomic mass is 9.76. The van der Waals surface area contributed by atoms with E-state index in [0.29, 0.717) is 15.6 Å². The summed E-state index contributed by atoms with van der Waals surface area (Å²) in [5.74, 6) is 2.55. The summed E-state index contributed by atoms with van der Waals surface area (Å²) in [5, 5.41) is 5.30. The van der Waals surface area contributed by atoms with Crippen LogP contribution in [0.1, 0.15) is 44.9 Å². The molecular formula is C23H26Cl2N6. The fourth-order valence-corrected chi connectivity index (χ4v) is 6.71. The third-order valence-electron chi connectivity index (χ3n) is 7.69. The predicted molar refractivity (Wildman–Crippen MR) is 125 cm³/mol. The van der Waals surface area contributed by atoms with Gasteiger partial charge in [-0.05, 0) is 37.0 Å². The van der Waals surface area contributed by atoms with Gasteiger partial charge in [-0.15, -0.1) is 0 Å². The molecule has 8 heteroatoms. The molecular weight excluding hydrogens is 431 g/mol. The molecule has 0 amide bonds. The molecule has 6 nitrogen and oxygen atoms in total. The van der Waals surface area contributed by atoms with E-state index in [1.165, 1.54) is 32.1 Å². The minimum atomic E-state index is -0.149. The molecule has 3 atom stereocenters. The van der Waals surface area contributed by atoms with Gasteiger partial charge in [0.05, 0.1) is 18.2 Å². The third-order valence-corrected chi connectivity index (χ3v) is 8.45. The number of halogens is 2. The number of anilines is 1. The van der Waals surface area contributed by atoms with Crippen LogP contribution in [0.15, 0.2) is 40.9 Å². The molecule has 2 unspecified atom stereocenters. The van der Waals surface area contributed by atoms with Crippen molar-refractivity contribution in [1.82, 2.24) is 19.8 Å². The van der Waals surface area contributed by atoms with Gasteiger partial charge in [0.2, 0.25) is 0 Å². The summed E-state index contributed by atoms with van der Waals surface area (Å²) in [7, 11) is 0. The minimum absolute atomic E-state index is 0.00572. The summed E-state index contributed by atoms with van der Waals surface area (Å²) in [4.78, 5) is 11.9. The number of rotatable bonds is 2. The van der Waals surface area contributed by atoms with Gasteiger partial charge in [0, 0.05) is 36.1 Å². The Morgan fingerprint density at radius 3 is 2.77 bits per heavy atom. The predicted octanol–water partition coefficient (Wildman–Crippen LogP) is 4.80. The zero-order valence-corrected chi connectivity index (χ0v) is 19.1. The average molecular weight is 457 g/mol. The van der Waals surface area contributed by atoms with Crippen molar-refractivity contribution in [2.45, 2.75) is 45.1 Å². The Hall–Kier alpha value is -2.05. The van der Waals surface area contributed by atoms with Gasteiger partial charge >= 0.3 is 0 Å². The van der Waals surface area contributed by atoms with Gasteiger partial charge in [0.25, 0.3) is 0 Å². The Kier molecular flexibility index (Phi) is 4.58. The summed E-state index contributed by atoms with van der Waals surface area (Å²) >= 11 is 13.1. The fourth-order valence-electron chi connectivity index (χ4n) is 5.97. The number of fused-ring (bicyclic) bond motifs is 2. The van der Waals surface area contributed by atoms with Crippen molar-refractivity contribution in [2.24, 2.45) is 22.4 Å². The number of hydrogen-bond donors (Lipinski definition) is 1. The molecule has 4 aliphatic rings. The maximum Gasteiger partial charge on any atom is 0.154 e. The van der Waals surface area contributed by atoms with Crippen LogP contribution in [0.25, 0.3) is 11.1 Å². The quantitative estimate of drug-likeness (QED) is 0.704.